The van der Waals surface area contributed by atoms with Crippen LogP contribution in [-0.4, -0.2) is 53.5 Å². The summed E-state index contributed by atoms with van der Waals surface area (Å²) in [6.07, 6.45) is 8.95. The standard InChI is InChI=1S/C26H30N4O/c1-29-13-5-8-23(29)16-21-18-27-25-10-9-20(17-24(21)25)19-11-14-30(15-12-19)26(31)28-22-6-3-2-4-7-22/h2-4,6-7,9-11,17-18,23,27H,5,8,12-16H2,1H3,(H,28,31)/t23-/m1/s1. The van der Waals surface area contributed by atoms with Crippen molar-refractivity contribution in [2.45, 2.75) is 31.7 Å². The minimum absolute atomic E-state index is 0.0365. The van der Waals surface area contributed by atoms with Crippen LogP contribution in [0.25, 0.3) is 16.5 Å². The van der Waals surface area contributed by atoms with Crippen molar-refractivity contribution in [3.8, 4) is 0 Å². The molecule has 1 aromatic heterocycles. The number of nitrogens with one attached hydrogen (secondary N) is 2. The van der Waals surface area contributed by atoms with Crippen LogP contribution in [0.5, 0.6) is 0 Å². The topological polar surface area (TPSA) is 51.4 Å². The van der Waals surface area contributed by atoms with Gasteiger partial charge in [0.15, 0.2) is 0 Å². The number of H-pyrrole nitrogens is 1. The summed E-state index contributed by atoms with van der Waals surface area (Å²) in [5, 5.41) is 4.32. The molecular weight excluding hydrogens is 384 g/mol. The number of amides is 2. The average molecular weight is 415 g/mol. The van der Waals surface area contributed by atoms with Gasteiger partial charge in [-0.25, -0.2) is 4.79 Å². The first-order valence-electron chi connectivity index (χ1n) is 11.3. The third-order valence-electron chi connectivity index (χ3n) is 6.79. The van der Waals surface area contributed by atoms with Gasteiger partial charge in [-0.2, -0.15) is 0 Å². The lowest BCUT2D eigenvalue weighted by atomic mass is 9.96. The van der Waals surface area contributed by atoms with E-state index in [0.29, 0.717) is 12.6 Å². The first-order chi connectivity index (χ1) is 15.2. The van der Waals surface area contributed by atoms with Crippen molar-refractivity contribution < 1.29 is 4.79 Å². The van der Waals surface area contributed by atoms with E-state index in [2.05, 4.69) is 52.7 Å². The number of hydrogen-bond donors (Lipinski definition) is 2. The lowest BCUT2D eigenvalue weighted by molar-refractivity contribution is 0.217. The second kappa shape index (κ2) is 8.60. The Hall–Kier alpha value is -3.05. The molecule has 1 saturated heterocycles. The summed E-state index contributed by atoms with van der Waals surface area (Å²) in [5.74, 6) is 0. The molecular formula is C26H30N4O. The van der Waals surface area contributed by atoms with Crippen molar-refractivity contribution in [2.24, 2.45) is 0 Å². The van der Waals surface area contributed by atoms with Gasteiger partial charge in [-0.1, -0.05) is 30.3 Å². The van der Waals surface area contributed by atoms with Gasteiger partial charge in [0.25, 0.3) is 0 Å². The van der Waals surface area contributed by atoms with E-state index in [1.807, 2.05) is 35.2 Å². The van der Waals surface area contributed by atoms with E-state index in [-0.39, 0.29) is 6.03 Å². The van der Waals surface area contributed by atoms with E-state index in [1.165, 1.54) is 47.0 Å². The van der Waals surface area contributed by atoms with E-state index in [1.54, 1.807) is 0 Å². The number of aromatic nitrogens is 1. The first-order valence-corrected chi connectivity index (χ1v) is 11.3. The molecule has 0 saturated carbocycles. The predicted molar refractivity (Wildman–Crippen MR) is 127 cm³/mol. The molecule has 0 aliphatic carbocycles. The molecule has 0 unspecified atom stereocenters. The summed E-state index contributed by atoms with van der Waals surface area (Å²) in [7, 11) is 2.24. The summed E-state index contributed by atoms with van der Waals surface area (Å²) in [6.45, 7) is 2.58. The molecule has 2 aliphatic rings. The molecule has 0 spiro atoms. The summed E-state index contributed by atoms with van der Waals surface area (Å²) in [4.78, 5) is 20.4. The van der Waals surface area contributed by atoms with Crippen molar-refractivity contribution in [1.82, 2.24) is 14.8 Å². The zero-order valence-electron chi connectivity index (χ0n) is 18.1. The number of urea groups is 1. The third kappa shape index (κ3) is 4.23. The fourth-order valence-electron chi connectivity index (χ4n) is 4.88. The zero-order chi connectivity index (χ0) is 21.2. The summed E-state index contributed by atoms with van der Waals surface area (Å²) >= 11 is 0. The average Bonchev–Trinajstić information content (AvgIpc) is 3.40. The van der Waals surface area contributed by atoms with Crippen LogP contribution in [0, 0.1) is 0 Å². The van der Waals surface area contributed by atoms with Gasteiger partial charge in [0.1, 0.15) is 0 Å². The number of aromatic amines is 1. The van der Waals surface area contributed by atoms with Gasteiger partial charge in [-0.15, -0.1) is 0 Å². The number of rotatable bonds is 4. The molecule has 1 atom stereocenters. The number of likely N-dealkylation sites (tertiary alicyclic amines) is 1. The highest BCUT2D eigenvalue weighted by atomic mass is 16.2. The van der Waals surface area contributed by atoms with E-state index in [9.17, 15) is 4.79 Å². The molecule has 2 N–H and O–H groups in total. The molecule has 3 heterocycles. The number of anilines is 1. The van der Waals surface area contributed by atoms with Crippen molar-refractivity contribution in [1.29, 1.82) is 0 Å². The van der Waals surface area contributed by atoms with Crippen LogP contribution in [0.2, 0.25) is 0 Å². The molecule has 2 aliphatic heterocycles. The van der Waals surface area contributed by atoms with Gasteiger partial charge in [0, 0.05) is 41.9 Å². The van der Waals surface area contributed by atoms with Crippen LogP contribution >= 0.6 is 0 Å². The number of hydrogen-bond acceptors (Lipinski definition) is 2. The maximum atomic E-state index is 12.6. The number of carbonyl (C=O) groups excluding carboxylic acids is 1. The lowest BCUT2D eigenvalue weighted by Gasteiger charge is -2.27. The molecule has 5 nitrogen and oxygen atoms in total. The Morgan fingerprint density at radius 3 is 2.77 bits per heavy atom. The Labute approximate surface area is 183 Å². The van der Waals surface area contributed by atoms with E-state index >= 15 is 0 Å². The highest BCUT2D eigenvalue weighted by Crippen LogP contribution is 2.29. The highest BCUT2D eigenvalue weighted by Gasteiger charge is 2.23. The molecule has 5 rings (SSSR count). The summed E-state index contributed by atoms with van der Waals surface area (Å²) in [5.41, 5.74) is 6.06. The van der Waals surface area contributed by atoms with Crippen LogP contribution in [0.3, 0.4) is 0 Å². The molecule has 2 amide bonds. The second-order valence-corrected chi connectivity index (χ2v) is 8.78. The number of fused-ring (bicyclic) bond motifs is 1. The Morgan fingerprint density at radius 2 is 2.03 bits per heavy atom. The minimum atomic E-state index is -0.0365. The third-order valence-corrected chi connectivity index (χ3v) is 6.79. The number of carbonyl (C=O) groups is 1. The largest absolute Gasteiger partial charge is 0.361 e. The smallest absolute Gasteiger partial charge is 0.322 e. The van der Waals surface area contributed by atoms with Gasteiger partial charge >= 0.3 is 6.03 Å². The SMILES string of the molecule is CN1CCC[C@@H]1Cc1c[nH]c2ccc(C3=CCN(C(=O)Nc4ccccc4)CC3)cc12. The molecule has 2 aromatic carbocycles. The molecule has 31 heavy (non-hydrogen) atoms. The summed E-state index contributed by atoms with van der Waals surface area (Å²) < 4.78 is 0. The maximum absolute atomic E-state index is 12.6. The van der Waals surface area contributed by atoms with Crippen LogP contribution in [0.15, 0.2) is 60.8 Å². The number of benzene rings is 2. The van der Waals surface area contributed by atoms with Crippen LogP contribution < -0.4 is 5.32 Å². The number of likely N-dealkylation sites (N-methyl/N-ethyl adjacent to an activating group) is 1. The summed E-state index contributed by atoms with van der Waals surface area (Å²) in [6, 6.07) is 17.0. The zero-order valence-corrected chi connectivity index (χ0v) is 18.1. The Morgan fingerprint density at radius 1 is 1.16 bits per heavy atom. The van der Waals surface area contributed by atoms with Crippen molar-refractivity contribution >= 4 is 28.2 Å². The Balaban J connectivity index is 1.29. The van der Waals surface area contributed by atoms with E-state index < -0.39 is 0 Å². The predicted octanol–water partition coefficient (Wildman–Crippen LogP) is 5.13. The highest BCUT2D eigenvalue weighted by molar-refractivity contribution is 5.91. The normalized spacial score (nSPS) is 19.6. The van der Waals surface area contributed by atoms with Gasteiger partial charge < -0.3 is 20.1 Å². The molecule has 5 heteroatoms. The monoisotopic (exact) mass is 414 g/mol. The fourth-order valence-corrected chi connectivity index (χ4v) is 4.88. The molecule has 160 valence electrons. The quantitative estimate of drug-likeness (QED) is 0.622. The van der Waals surface area contributed by atoms with Crippen LogP contribution in [0.1, 0.15) is 30.4 Å². The van der Waals surface area contributed by atoms with Crippen molar-refractivity contribution in [2.75, 3.05) is 32.0 Å². The van der Waals surface area contributed by atoms with E-state index in [4.69, 9.17) is 0 Å². The lowest BCUT2D eigenvalue weighted by Crippen LogP contribution is -2.37. The molecule has 1 fully saturated rings. The van der Waals surface area contributed by atoms with Crippen molar-refractivity contribution in [3.05, 3.63) is 71.9 Å². The van der Waals surface area contributed by atoms with E-state index in [0.717, 1.165) is 25.1 Å². The molecule has 3 aromatic rings. The Kier molecular flexibility index (Phi) is 5.51. The van der Waals surface area contributed by atoms with Gasteiger partial charge in [-0.3, -0.25) is 0 Å². The number of para-hydroxylation sites is 1. The first kappa shape index (κ1) is 19.9. The van der Waals surface area contributed by atoms with Crippen LogP contribution in [0.4, 0.5) is 10.5 Å². The van der Waals surface area contributed by atoms with Gasteiger partial charge in [0.2, 0.25) is 0 Å². The van der Waals surface area contributed by atoms with Gasteiger partial charge in [-0.05, 0) is 80.2 Å². The minimum Gasteiger partial charge on any atom is -0.361 e. The maximum Gasteiger partial charge on any atom is 0.322 e. The molecule has 0 bridgehead atoms. The second-order valence-electron chi connectivity index (χ2n) is 8.78. The van der Waals surface area contributed by atoms with Gasteiger partial charge in [0.05, 0.1) is 0 Å². The number of nitrogens with zero attached hydrogens (tertiary/aromatic N) is 2. The Bertz CT molecular complexity index is 1100. The molecule has 0 radical (unpaired) electrons. The van der Waals surface area contributed by atoms with Crippen LogP contribution in [-0.2, 0) is 6.42 Å². The fraction of sp³-hybridized carbons (Fsp3) is 0.346. The van der Waals surface area contributed by atoms with Crippen molar-refractivity contribution in [3.63, 3.8) is 0 Å².